The number of aryl methyl sites for hydroxylation is 1. The molecule has 5 rings (SSSR count). The second-order valence-corrected chi connectivity index (χ2v) is 8.96. The Labute approximate surface area is 219 Å². The first kappa shape index (κ1) is 24.5. The summed E-state index contributed by atoms with van der Waals surface area (Å²) in [6.45, 7) is 4.25. The van der Waals surface area contributed by atoms with E-state index in [1.54, 1.807) is 25.1 Å². The van der Waals surface area contributed by atoms with Crippen LogP contribution in [0, 0.1) is 12.7 Å². The second-order valence-electron chi connectivity index (χ2n) is 8.52. The number of carbonyl (C=O) groups is 1. The highest BCUT2D eigenvalue weighted by molar-refractivity contribution is 6.31. The monoisotopic (exact) mass is 514 g/mol. The van der Waals surface area contributed by atoms with Crippen molar-refractivity contribution in [3.8, 4) is 22.8 Å². The average Bonchev–Trinajstić information content (AvgIpc) is 3.29. The third-order valence-electron chi connectivity index (χ3n) is 6.03. The first-order valence-corrected chi connectivity index (χ1v) is 12.2. The maximum absolute atomic E-state index is 13.3. The standard InChI is InChI=1S/C30H24ClFN2O3/c1-3-36-30(35)29-24-7-5-4-6-21(24)16-28(33-29)34-19(2)8-14-26(34)25-17-22(31)11-15-27(25)37-18-20-9-12-23(32)13-10-20/h4-17H,3,18H2,1-2H3. The Balaban J connectivity index is 1.61. The molecule has 0 aliphatic heterocycles. The number of nitrogens with zero attached hydrogens (tertiary/aromatic N) is 2. The van der Waals surface area contributed by atoms with E-state index in [1.165, 1.54) is 12.1 Å². The molecule has 2 aromatic heterocycles. The van der Waals surface area contributed by atoms with Crippen molar-refractivity contribution in [3.63, 3.8) is 0 Å². The number of rotatable bonds is 7. The fourth-order valence-corrected chi connectivity index (χ4v) is 4.45. The molecule has 0 fully saturated rings. The van der Waals surface area contributed by atoms with E-state index < -0.39 is 5.97 Å². The Kier molecular flexibility index (Phi) is 6.93. The minimum Gasteiger partial charge on any atom is -0.488 e. The fourth-order valence-electron chi connectivity index (χ4n) is 4.28. The van der Waals surface area contributed by atoms with Gasteiger partial charge in [0.1, 0.15) is 24.0 Å². The molecule has 5 nitrogen and oxygen atoms in total. The van der Waals surface area contributed by atoms with Crippen LogP contribution in [0.15, 0.2) is 84.9 Å². The molecule has 0 spiro atoms. The summed E-state index contributed by atoms with van der Waals surface area (Å²) in [6.07, 6.45) is 0. The summed E-state index contributed by atoms with van der Waals surface area (Å²) in [5, 5.41) is 2.14. The molecule has 0 unspecified atom stereocenters. The normalized spacial score (nSPS) is 11.0. The number of hydrogen-bond acceptors (Lipinski definition) is 4. The van der Waals surface area contributed by atoms with Gasteiger partial charge in [-0.15, -0.1) is 0 Å². The van der Waals surface area contributed by atoms with Gasteiger partial charge >= 0.3 is 5.97 Å². The van der Waals surface area contributed by atoms with Gasteiger partial charge in [-0.3, -0.25) is 4.57 Å². The summed E-state index contributed by atoms with van der Waals surface area (Å²) in [7, 11) is 0. The van der Waals surface area contributed by atoms with Crippen LogP contribution in [0.25, 0.3) is 27.8 Å². The van der Waals surface area contributed by atoms with Crippen LogP contribution in [-0.4, -0.2) is 22.1 Å². The molecule has 7 heteroatoms. The largest absolute Gasteiger partial charge is 0.488 e. The van der Waals surface area contributed by atoms with Gasteiger partial charge < -0.3 is 9.47 Å². The maximum Gasteiger partial charge on any atom is 0.357 e. The molecule has 186 valence electrons. The van der Waals surface area contributed by atoms with Crippen molar-refractivity contribution in [2.24, 2.45) is 0 Å². The lowest BCUT2D eigenvalue weighted by Crippen LogP contribution is -2.11. The van der Waals surface area contributed by atoms with Gasteiger partial charge in [0, 0.05) is 21.7 Å². The Morgan fingerprint density at radius 2 is 1.78 bits per heavy atom. The number of hydrogen-bond donors (Lipinski definition) is 0. The molecular formula is C30H24ClFN2O3. The van der Waals surface area contributed by atoms with Gasteiger partial charge in [-0.25, -0.2) is 14.2 Å². The lowest BCUT2D eigenvalue weighted by atomic mass is 10.1. The van der Waals surface area contributed by atoms with Gasteiger partial charge in [-0.05, 0) is 73.3 Å². The molecule has 3 aromatic carbocycles. The van der Waals surface area contributed by atoms with Crippen molar-refractivity contribution < 1.29 is 18.7 Å². The van der Waals surface area contributed by atoms with Gasteiger partial charge in [0.2, 0.25) is 0 Å². The van der Waals surface area contributed by atoms with E-state index in [-0.39, 0.29) is 24.7 Å². The third-order valence-corrected chi connectivity index (χ3v) is 6.26. The zero-order chi connectivity index (χ0) is 25.9. The van der Waals surface area contributed by atoms with E-state index in [1.807, 2.05) is 66.1 Å². The second kappa shape index (κ2) is 10.4. The molecule has 0 saturated heterocycles. The Bertz CT molecular complexity index is 1600. The van der Waals surface area contributed by atoms with Crippen molar-refractivity contribution in [2.75, 3.05) is 6.61 Å². The zero-order valence-electron chi connectivity index (χ0n) is 20.4. The van der Waals surface area contributed by atoms with Crippen molar-refractivity contribution in [1.82, 2.24) is 9.55 Å². The summed E-state index contributed by atoms with van der Waals surface area (Å²) in [5.74, 6) is 0.412. The molecule has 0 atom stereocenters. The molecule has 0 N–H and O–H groups in total. The van der Waals surface area contributed by atoms with Crippen LogP contribution >= 0.6 is 11.6 Å². The van der Waals surface area contributed by atoms with E-state index in [0.29, 0.717) is 16.6 Å². The molecule has 0 amide bonds. The quantitative estimate of drug-likeness (QED) is 0.210. The number of carbonyl (C=O) groups excluding carboxylic acids is 1. The van der Waals surface area contributed by atoms with E-state index in [9.17, 15) is 9.18 Å². The fraction of sp³-hybridized carbons (Fsp3) is 0.133. The van der Waals surface area contributed by atoms with Gasteiger partial charge in [-0.1, -0.05) is 48.0 Å². The summed E-state index contributed by atoms with van der Waals surface area (Å²) in [6, 6.07) is 25.1. The number of esters is 1. The van der Waals surface area contributed by atoms with Crippen LogP contribution in [0.2, 0.25) is 5.02 Å². The number of pyridine rings is 1. The third kappa shape index (κ3) is 5.06. The highest BCUT2D eigenvalue weighted by Gasteiger charge is 2.20. The van der Waals surface area contributed by atoms with Gasteiger partial charge in [0.05, 0.1) is 12.3 Å². The molecule has 0 radical (unpaired) electrons. The topological polar surface area (TPSA) is 53.3 Å². The number of benzene rings is 3. The zero-order valence-corrected chi connectivity index (χ0v) is 21.1. The SMILES string of the molecule is CCOC(=O)c1nc(-n2c(C)ccc2-c2cc(Cl)ccc2OCc2ccc(F)cc2)cc2ccccc12. The number of fused-ring (bicyclic) bond motifs is 1. The van der Waals surface area contributed by atoms with Crippen LogP contribution in [0.4, 0.5) is 4.39 Å². The molecule has 2 heterocycles. The average molecular weight is 515 g/mol. The first-order valence-electron chi connectivity index (χ1n) is 11.9. The van der Waals surface area contributed by atoms with Crippen LogP contribution < -0.4 is 4.74 Å². The van der Waals surface area contributed by atoms with Crippen molar-refractivity contribution in [2.45, 2.75) is 20.5 Å². The number of ether oxygens (including phenoxy) is 2. The van der Waals surface area contributed by atoms with Gasteiger partial charge in [-0.2, -0.15) is 0 Å². The summed E-state index contributed by atoms with van der Waals surface area (Å²) in [5.41, 5.74) is 3.57. The van der Waals surface area contributed by atoms with Gasteiger partial charge in [0.15, 0.2) is 5.69 Å². The predicted molar refractivity (Wildman–Crippen MR) is 143 cm³/mol. The molecule has 0 aliphatic carbocycles. The van der Waals surface area contributed by atoms with Crippen LogP contribution in [0.1, 0.15) is 28.7 Å². The van der Waals surface area contributed by atoms with E-state index in [0.717, 1.165) is 33.3 Å². The van der Waals surface area contributed by atoms with E-state index >= 15 is 0 Å². The first-order chi connectivity index (χ1) is 17.9. The highest BCUT2D eigenvalue weighted by Crippen LogP contribution is 2.36. The minimum atomic E-state index is -0.474. The summed E-state index contributed by atoms with van der Waals surface area (Å²) >= 11 is 6.40. The van der Waals surface area contributed by atoms with Crippen LogP contribution in [0.5, 0.6) is 5.75 Å². The minimum absolute atomic E-state index is 0.254. The highest BCUT2D eigenvalue weighted by atomic mass is 35.5. The lowest BCUT2D eigenvalue weighted by molar-refractivity contribution is 0.0522. The molecule has 0 saturated carbocycles. The molecule has 0 bridgehead atoms. The lowest BCUT2D eigenvalue weighted by Gasteiger charge is -2.17. The molecular weight excluding hydrogens is 491 g/mol. The molecule has 37 heavy (non-hydrogen) atoms. The maximum atomic E-state index is 13.3. The van der Waals surface area contributed by atoms with E-state index in [4.69, 9.17) is 26.1 Å². The molecule has 5 aromatic rings. The summed E-state index contributed by atoms with van der Waals surface area (Å²) < 4.78 is 26.7. The predicted octanol–water partition coefficient (Wildman–Crippen LogP) is 7.55. The number of halogens is 2. The smallest absolute Gasteiger partial charge is 0.357 e. The van der Waals surface area contributed by atoms with Crippen molar-refractivity contribution >= 4 is 28.3 Å². The Morgan fingerprint density at radius 1 is 1.00 bits per heavy atom. The van der Waals surface area contributed by atoms with Crippen LogP contribution in [0.3, 0.4) is 0 Å². The Hall–Kier alpha value is -4.16. The van der Waals surface area contributed by atoms with Crippen molar-refractivity contribution in [3.05, 3.63) is 113 Å². The molecule has 0 aliphatic rings. The summed E-state index contributed by atoms with van der Waals surface area (Å²) in [4.78, 5) is 17.5. The van der Waals surface area contributed by atoms with E-state index in [2.05, 4.69) is 0 Å². The van der Waals surface area contributed by atoms with Crippen molar-refractivity contribution in [1.29, 1.82) is 0 Å². The van der Waals surface area contributed by atoms with Crippen LogP contribution in [-0.2, 0) is 11.3 Å². The van der Waals surface area contributed by atoms with Gasteiger partial charge in [0.25, 0.3) is 0 Å². The Morgan fingerprint density at radius 3 is 2.57 bits per heavy atom. The number of aromatic nitrogens is 2.